The summed E-state index contributed by atoms with van der Waals surface area (Å²) in [6.07, 6.45) is 2.04. The van der Waals surface area contributed by atoms with Crippen LogP contribution in [0.5, 0.6) is 0 Å². The Morgan fingerprint density at radius 2 is 1.67 bits per heavy atom. The normalized spacial score (nSPS) is 16.0. The van der Waals surface area contributed by atoms with Crippen molar-refractivity contribution in [3.8, 4) is 0 Å². The molecule has 4 rings (SSSR count). The van der Waals surface area contributed by atoms with E-state index < -0.39 is 5.41 Å². The maximum Gasteiger partial charge on any atom is 0.237 e. The standard InChI is InChI=1S/C21H21N3O2S/c25-19(21(11-13-26-14-12-21)17-9-5-2-6-10-17)22-20-24-23-18(27-20)15-16-7-3-1-4-8-16/h1-10H,11-15H2,(H,22,24,25). The number of anilines is 1. The molecule has 0 saturated carbocycles. The lowest BCUT2D eigenvalue weighted by molar-refractivity contribution is -0.125. The Kier molecular flexibility index (Phi) is 5.27. The van der Waals surface area contributed by atoms with Crippen LogP contribution in [0.3, 0.4) is 0 Å². The molecule has 0 radical (unpaired) electrons. The second-order valence-corrected chi connectivity index (χ2v) is 7.74. The first-order valence-corrected chi connectivity index (χ1v) is 9.89. The molecule has 0 aliphatic carbocycles. The molecule has 1 aliphatic rings. The Hall–Kier alpha value is -2.57. The highest BCUT2D eigenvalue weighted by molar-refractivity contribution is 7.15. The minimum Gasteiger partial charge on any atom is -0.381 e. The average Bonchev–Trinajstić information content (AvgIpc) is 3.16. The van der Waals surface area contributed by atoms with E-state index in [2.05, 4.69) is 27.6 Å². The Balaban J connectivity index is 1.52. The van der Waals surface area contributed by atoms with E-state index in [1.54, 1.807) is 0 Å². The Morgan fingerprint density at radius 1 is 1.00 bits per heavy atom. The van der Waals surface area contributed by atoms with E-state index in [-0.39, 0.29) is 5.91 Å². The fraction of sp³-hybridized carbons (Fsp3) is 0.286. The van der Waals surface area contributed by atoms with Gasteiger partial charge in [0, 0.05) is 19.6 Å². The highest BCUT2D eigenvalue weighted by atomic mass is 32.1. The fourth-order valence-corrected chi connectivity index (χ4v) is 4.26. The van der Waals surface area contributed by atoms with Gasteiger partial charge in [-0.25, -0.2) is 0 Å². The zero-order valence-electron chi connectivity index (χ0n) is 14.9. The molecular weight excluding hydrogens is 358 g/mol. The number of rotatable bonds is 5. The van der Waals surface area contributed by atoms with E-state index in [1.807, 2.05) is 48.5 Å². The SMILES string of the molecule is O=C(Nc1nnc(Cc2ccccc2)s1)C1(c2ccccc2)CCOCC1. The summed E-state index contributed by atoms with van der Waals surface area (Å²) in [4.78, 5) is 13.2. The van der Waals surface area contributed by atoms with Gasteiger partial charge < -0.3 is 4.74 Å². The van der Waals surface area contributed by atoms with E-state index in [9.17, 15) is 4.79 Å². The Labute approximate surface area is 162 Å². The van der Waals surface area contributed by atoms with Crippen LogP contribution < -0.4 is 5.32 Å². The second kappa shape index (κ2) is 7.98. The number of benzene rings is 2. The van der Waals surface area contributed by atoms with Gasteiger partial charge in [0.25, 0.3) is 0 Å². The number of hydrogen-bond donors (Lipinski definition) is 1. The van der Waals surface area contributed by atoms with Crippen molar-refractivity contribution in [3.63, 3.8) is 0 Å². The van der Waals surface area contributed by atoms with E-state index in [0.29, 0.717) is 37.6 Å². The molecule has 1 saturated heterocycles. The molecule has 138 valence electrons. The smallest absolute Gasteiger partial charge is 0.237 e. The second-order valence-electron chi connectivity index (χ2n) is 6.68. The summed E-state index contributed by atoms with van der Waals surface area (Å²) in [6.45, 7) is 1.16. The van der Waals surface area contributed by atoms with Crippen molar-refractivity contribution in [1.29, 1.82) is 0 Å². The maximum absolute atomic E-state index is 13.2. The Bertz CT molecular complexity index is 890. The third-order valence-corrected chi connectivity index (χ3v) is 5.83. The average molecular weight is 379 g/mol. The van der Waals surface area contributed by atoms with Gasteiger partial charge in [-0.1, -0.05) is 72.0 Å². The lowest BCUT2D eigenvalue weighted by atomic mass is 9.73. The zero-order chi connectivity index (χ0) is 18.5. The van der Waals surface area contributed by atoms with Crippen LogP contribution in [-0.4, -0.2) is 29.3 Å². The molecule has 0 spiro atoms. The van der Waals surface area contributed by atoms with Gasteiger partial charge in [0.05, 0.1) is 5.41 Å². The minimum absolute atomic E-state index is 0.0283. The quantitative estimate of drug-likeness (QED) is 0.732. The molecule has 0 unspecified atom stereocenters. The van der Waals surface area contributed by atoms with Crippen LogP contribution in [0.15, 0.2) is 60.7 Å². The third-order valence-electron chi connectivity index (χ3n) is 4.99. The molecule has 1 amide bonds. The lowest BCUT2D eigenvalue weighted by Gasteiger charge is -2.35. The number of amides is 1. The van der Waals surface area contributed by atoms with Gasteiger partial charge in [0.2, 0.25) is 11.0 Å². The van der Waals surface area contributed by atoms with Gasteiger partial charge >= 0.3 is 0 Å². The first kappa shape index (κ1) is 17.8. The van der Waals surface area contributed by atoms with Gasteiger partial charge in [-0.15, -0.1) is 10.2 Å². The zero-order valence-corrected chi connectivity index (χ0v) is 15.7. The highest BCUT2D eigenvalue weighted by Gasteiger charge is 2.42. The monoisotopic (exact) mass is 379 g/mol. The molecule has 1 aromatic heterocycles. The summed E-state index contributed by atoms with van der Waals surface area (Å²) < 4.78 is 5.51. The summed E-state index contributed by atoms with van der Waals surface area (Å²) in [5.41, 5.74) is 1.63. The van der Waals surface area contributed by atoms with Crippen LogP contribution in [0, 0.1) is 0 Å². The van der Waals surface area contributed by atoms with Gasteiger partial charge in [-0.2, -0.15) is 0 Å². The first-order valence-electron chi connectivity index (χ1n) is 9.07. The van der Waals surface area contributed by atoms with Crippen LogP contribution in [0.2, 0.25) is 0 Å². The number of nitrogens with zero attached hydrogens (tertiary/aromatic N) is 2. The van der Waals surface area contributed by atoms with Gasteiger partial charge in [-0.3, -0.25) is 10.1 Å². The predicted molar refractivity (Wildman–Crippen MR) is 106 cm³/mol. The maximum atomic E-state index is 13.2. The van der Waals surface area contributed by atoms with Crippen LogP contribution in [0.1, 0.15) is 29.0 Å². The first-order chi connectivity index (χ1) is 13.3. The number of aromatic nitrogens is 2. The van der Waals surface area contributed by atoms with E-state index in [1.165, 1.54) is 16.9 Å². The number of carbonyl (C=O) groups is 1. The van der Waals surface area contributed by atoms with Gasteiger partial charge in [-0.05, 0) is 24.0 Å². The molecule has 2 aromatic carbocycles. The van der Waals surface area contributed by atoms with Crippen LogP contribution in [-0.2, 0) is 21.4 Å². The van der Waals surface area contributed by atoms with E-state index in [4.69, 9.17) is 4.74 Å². The van der Waals surface area contributed by atoms with Gasteiger partial charge in [0.1, 0.15) is 5.01 Å². The van der Waals surface area contributed by atoms with Crippen molar-refractivity contribution < 1.29 is 9.53 Å². The number of ether oxygens (including phenoxy) is 1. The predicted octanol–water partition coefficient (Wildman–Crippen LogP) is 3.82. The molecule has 3 aromatic rings. The molecule has 1 aliphatic heterocycles. The highest BCUT2D eigenvalue weighted by Crippen LogP contribution is 2.36. The van der Waals surface area contributed by atoms with Crippen LogP contribution >= 0.6 is 11.3 Å². The van der Waals surface area contributed by atoms with Crippen molar-refractivity contribution >= 4 is 22.4 Å². The molecule has 0 bridgehead atoms. The molecule has 2 heterocycles. The minimum atomic E-state index is -0.579. The summed E-state index contributed by atoms with van der Waals surface area (Å²) >= 11 is 1.43. The largest absolute Gasteiger partial charge is 0.381 e. The number of nitrogens with one attached hydrogen (secondary N) is 1. The lowest BCUT2D eigenvalue weighted by Crippen LogP contribution is -2.44. The van der Waals surface area contributed by atoms with Crippen LogP contribution in [0.4, 0.5) is 5.13 Å². The van der Waals surface area contributed by atoms with Crippen LogP contribution in [0.25, 0.3) is 0 Å². The van der Waals surface area contributed by atoms with E-state index >= 15 is 0 Å². The molecule has 27 heavy (non-hydrogen) atoms. The molecule has 0 atom stereocenters. The Morgan fingerprint density at radius 3 is 2.37 bits per heavy atom. The van der Waals surface area contributed by atoms with Crippen molar-refractivity contribution in [2.75, 3.05) is 18.5 Å². The molecule has 1 N–H and O–H groups in total. The molecule has 6 heteroatoms. The van der Waals surface area contributed by atoms with Gasteiger partial charge in [0.15, 0.2) is 0 Å². The van der Waals surface area contributed by atoms with E-state index in [0.717, 1.165) is 10.6 Å². The number of hydrogen-bond acceptors (Lipinski definition) is 5. The summed E-state index contributed by atoms with van der Waals surface area (Å²) in [7, 11) is 0. The van der Waals surface area contributed by atoms with Crippen molar-refractivity contribution in [3.05, 3.63) is 76.8 Å². The molecular formula is C21H21N3O2S. The molecule has 1 fully saturated rings. The number of carbonyl (C=O) groups excluding carboxylic acids is 1. The third kappa shape index (κ3) is 3.91. The van der Waals surface area contributed by atoms with Crippen molar-refractivity contribution in [2.24, 2.45) is 0 Å². The topological polar surface area (TPSA) is 64.1 Å². The van der Waals surface area contributed by atoms with Crippen molar-refractivity contribution in [2.45, 2.75) is 24.7 Å². The summed E-state index contributed by atoms with van der Waals surface area (Å²) in [6, 6.07) is 20.1. The summed E-state index contributed by atoms with van der Waals surface area (Å²) in [5, 5.41) is 12.9. The molecule has 5 nitrogen and oxygen atoms in total. The van der Waals surface area contributed by atoms with Crippen molar-refractivity contribution in [1.82, 2.24) is 10.2 Å². The fourth-order valence-electron chi connectivity index (χ4n) is 3.49. The summed E-state index contributed by atoms with van der Waals surface area (Å²) in [5.74, 6) is -0.0283.